The molecule has 0 saturated carbocycles. The molecule has 5 rings (SSSR count). The van der Waals surface area contributed by atoms with E-state index in [1.165, 1.54) is 18.2 Å². The number of nitrogens with zero attached hydrogens (tertiary/aromatic N) is 2. The number of carbonyl (C=O) groups is 3. The number of halogens is 3. The fraction of sp³-hybridized carbons (Fsp3) is 0.267. The fourth-order valence-corrected chi connectivity index (χ4v) is 5.43. The molecular weight excluding hydrogens is 540 g/mol. The molecule has 0 saturated heterocycles. The molecule has 0 fully saturated rings. The number of benzene rings is 2. The van der Waals surface area contributed by atoms with E-state index in [4.69, 9.17) is 11.6 Å². The number of nitrogens with one attached hydrogen (secondary N) is 1. The van der Waals surface area contributed by atoms with Gasteiger partial charge in [-0.1, -0.05) is 24.9 Å². The van der Waals surface area contributed by atoms with Gasteiger partial charge in [-0.25, -0.2) is 13.6 Å². The minimum Gasteiger partial charge on any atom is -0.478 e. The molecule has 3 heterocycles. The van der Waals surface area contributed by atoms with Crippen molar-refractivity contribution in [3.05, 3.63) is 88.2 Å². The van der Waals surface area contributed by atoms with E-state index >= 15 is 0 Å². The number of pyridine rings is 1. The van der Waals surface area contributed by atoms with Crippen LogP contribution in [0.2, 0.25) is 5.02 Å². The fourth-order valence-electron chi connectivity index (χ4n) is 5.27. The third-order valence-electron chi connectivity index (χ3n) is 7.46. The Balaban J connectivity index is 1.56. The largest absolute Gasteiger partial charge is 0.478 e. The quantitative estimate of drug-likeness (QED) is 0.353. The van der Waals surface area contributed by atoms with Crippen molar-refractivity contribution in [1.82, 2.24) is 9.88 Å². The number of aromatic nitrogens is 1. The van der Waals surface area contributed by atoms with Crippen LogP contribution in [0.4, 0.5) is 14.5 Å². The first-order valence-electron chi connectivity index (χ1n) is 12.9. The zero-order chi connectivity index (χ0) is 28.6. The van der Waals surface area contributed by atoms with Crippen molar-refractivity contribution in [3.8, 4) is 11.1 Å². The van der Waals surface area contributed by atoms with Crippen LogP contribution < -0.4 is 5.32 Å². The van der Waals surface area contributed by atoms with Crippen LogP contribution in [0.15, 0.2) is 54.7 Å². The topological polar surface area (TPSA) is 99.6 Å². The van der Waals surface area contributed by atoms with Crippen LogP contribution in [0.5, 0.6) is 0 Å². The summed E-state index contributed by atoms with van der Waals surface area (Å²) in [4.78, 5) is 44.2. The first kappa shape index (κ1) is 27.5. The number of hydrogen-bond donors (Lipinski definition) is 2. The van der Waals surface area contributed by atoms with Gasteiger partial charge in [-0.2, -0.15) is 0 Å². The van der Waals surface area contributed by atoms with Crippen molar-refractivity contribution in [2.24, 2.45) is 5.92 Å². The van der Waals surface area contributed by atoms with Crippen LogP contribution in [-0.4, -0.2) is 39.3 Å². The highest BCUT2D eigenvalue weighted by Crippen LogP contribution is 2.37. The van der Waals surface area contributed by atoms with Crippen molar-refractivity contribution < 1.29 is 28.3 Å². The minimum atomic E-state index is -1.10. The van der Waals surface area contributed by atoms with E-state index in [0.29, 0.717) is 41.8 Å². The molecule has 2 aromatic carbocycles. The Morgan fingerprint density at radius 1 is 1.12 bits per heavy atom. The second-order valence-corrected chi connectivity index (χ2v) is 10.4. The number of aromatic carboxylic acids is 1. The predicted octanol–water partition coefficient (Wildman–Crippen LogP) is 6.49. The lowest BCUT2D eigenvalue weighted by atomic mass is 9.92. The van der Waals surface area contributed by atoms with E-state index in [0.717, 1.165) is 12.1 Å². The van der Waals surface area contributed by atoms with Crippen molar-refractivity contribution >= 4 is 40.6 Å². The molecule has 0 unspecified atom stereocenters. The van der Waals surface area contributed by atoms with E-state index in [-0.39, 0.29) is 46.5 Å². The molecule has 1 aromatic heterocycles. The van der Waals surface area contributed by atoms with Crippen LogP contribution in [0.1, 0.15) is 60.3 Å². The van der Waals surface area contributed by atoms with Gasteiger partial charge in [-0.15, -0.1) is 0 Å². The smallest absolute Gasteiger partial charge is 0.335 e. The van der Waals surface area contributed by atoms with Crippen LogP contribution >= 0.6 is 11.6 Å². The SMILES string of the molecule is C[C@@H]1CCC[C@H](N2CCC(c3c(F)ccc(Cl)c3F)=CC2=O)c2cc(ccn2)-c2cc(C(=O)O)ccc2NC1=O. The maximum absolute atomic E-state index is 14.7. The minimum absolute atomic E-state index is 0.0624. The highest BCUT2D eigenvalue weighted by atomic mass is 35.5. The van der Waals surface area contributed by atoms with E-state index < -0.39 is 29.6 Å². The highest BCUT2D eigenvalue weighted by Gasteiger charge is 2.31. The predicted molar refractivity (Wildman–Crippen MR) is 147 cm³/mol. The lowest BCUT2D eigenvalue weighted by molar-refractivity contribution is -0.129. The molecule has 2 aliphatic heterocycles. The number of hydrogen-bond acceptors (Lipinski definition) is 4. The van der Waals surface area contributed by atoms with Crippen molar-refractivity contribution in [2.75, 3.05) is 11.9 Å². The molecular formula is C30H26ClF2N3O4. The van der Waals surface area contributed by atoms with Gasteiger partial charge in [0.05, 0.1) is 27.9 Å². The maximum Gasteiger partial charge on any atom is 0.335 e. The van der Waals surface area contributed by atoms with Gasteiger partial charge in [0.25, 0.3) is 0 Å². The molecule has 2 amide bonds. The number of anilines is 1. The molecule has 7 nitrogen and oxygen atoms in total. The Morgan fingerprint density at radius 2 is 1.93 bits per heavy atom. The number of carboxylic acids is 1. The molecule has 2 bridgehead atoms. The summed E-state index contributed by atoms with van der Waals surface area (Å²) >= 11 is 5.87. The number of amides is 2. The first-order valence-corrected chi connectivity index (χ1v) is 13.3. The number of rotatable bonds is 3. The summed E-state index contributed by atoms with van der Waals surface area (Å²) in [5.41, 5.74) is 2.21. The van der Waals surface area contributed by atoms with E-state index in [9.17, 15) is 28.3 Å². The van der Waals surface area contributed by atoms with Crippen LogP contribution in [-0.2, 0) is 9.59 Å². The van der Waals surface area contributed by atoms with E-state index in [2.05, 4.69) is 10.3 Å². The number of fused-ring (bicyclic) bond motifs is 4. The Labute approximate surface area is 234 Å². The van der Waals surface area contributed by atoms with Gasteiger partial charge < -0.3 is 15.3 Å². The second kappa shape index (κ2) is 11.2. The summed E-state index contributed by atoms with van der Waals surface area (Å²) < 4.78 is 29.2. The third kappa shape index (κ3) is 5.34. The summed E-state index contributed by atoms with van der Waals surface area (Å²) in [7, 11) is 0. The molecule has 2 N–H and O–H groups in total. The lowest BCUT2D eigenvalue weighted by Gasteiger charge is -2.34. The lowest BCUT2D eigenvalue weighted by Crippen LogP contribution is -2.38. The molecule has 3 aromatic rings. The van der Waals surface area contributed by atoms with Gasteiger partial charge in [0.1, 0.15) is 5.82 Å². The van der Waals surface area contributed by atoms with Crippen LogP contribution in [0, 0.1) is 17.6 Å². The zero-order valence-electron chi connectivity index (χ0n) is 21.6. The Morgan fingerprint density at radius 3 is 2.67 bits per heavy atom. The Bertz CT molecular complexity index is 1560. The average Bonchev–Trinajstić information content (AvgIpc) is 2.93. The molecule has 0 spiro atoms. The summed E-state index contributed by atoms with van der Waals surface area (Å²) in [6.07, 6.45) is 4.70. The van der Waals surface area contributed by atoms with Gasteiger partial charge in [-0.3, -0.25) is 14.6 Å². The third-order valence-corrected chi connectivity index (χ3v) is 7.76. The van der Waals surface area contributed by atoms with Crippen molar-refractivity contribution in [3.63, 3.8) is 0 Å². The molecule has 10 heteroatoms. The van der Waals surface area contributed by atoms with Gasteiger partial charge in [0.15, 0.2) is 5.82 Å². The number of carbonyl (C=O) groups excluding carboxylic acids is 2. The first-order chi connectivity index (χ1) is 19.1. The molecule has 0 radical (unpaired) electrons. The Kier molecular flexibility index (Phi) is 7.67. The molecule has 40 heavy (non-hydrogen) atoms. The van der Waals surface area contributed by atoms with E-state index in [1.54, 1.807) is 29.3 Å². The summed E-state index contributed by atoms with van der Waals surface area (Å²) in [5.74, 6) is -3.74. The van der Waals surface area contributed by atoms with Gasteiger partial charge in [-0.05, 0) is 72.9 Å². The second-order valence-electron chi connectivity index (χ2n) is 10.0. The van der Waals surface area contributed by atoms with Gasteiger partial charge >= 0.3 is 5.97 Å². The summed E-state index contributed by atoms with van der Waals surface area (Å²) in [6.45, 7) is 2.01. The molecule has 2 aliphatic rings. The highest BCUT2D eigenvalue weighted by molar-refractivity contribution is 6.31. The van der Waals surface area contributed by atoms with Crippen LogP contribution in [0.3, 0.4) is 0 Å². The zero-order valence-corrected chi connectivity index (χ0v) is 22.3. The molecule has 0 aliphatic carbocycles. The monoisotopic (exact) mass is 565 g/mol. The van der Waals surface area contributed by atoms with E-state index in [1.807, 2.05) is 6.92 Å². The Hall–Kier alpha value is -4.11. The van der Waals surface area contributed by atoms with Crippen LogP contribution in [0.25, 0.3) is 16.7 Å². The summed E-state index contributed by atoms with van der Waals surface area (Å²) in [6, 6.07) is 9.74. The van der Waals surface area contributed by atoms with Gasteiger partial charge in [0.2, 0.25) is 11.8 Å². The van der Waals surface area contributed by atoms with Gasteiger partial charge in [0, 0.05) is 36.0 Å². The van der Waals surface area contributed by atoms with Crippen molar-refractivity contribution in [1.29, 1.82) is 0 Å². The maximum atomic E-state index is 14.7. The standard InChI is InChI=1S/C30H26ClF2N3O4/c1-16-3-2-4-25(36-12-10-18(15-26(36)37)27-22(32)7-6-21(31)28(27)33)24-14-17(9-11-34-24)20-13-19(30(39)40)5-8-23(20)35-29(16)38/h5-9,11,13-16,25H,2-4,10,12H2,1H3,(H,35,38)(H,39,40)/t16-,25+/m1/s1. The molecule has 206 valence electrons. The normalized spacial score (nSPS) is 19.6. The summed E-state index contributed by atoms with van der Waals surface area (Å²) in [5, 5.41) is 12.3. The number of carboxylic acid groups (broad SMARTS) is 1. The molecule has 2 atom stereocenters. The van der Waals surface area contributed by atoms with Crippen molar-refractivity contribution in [2.45, 2.75) is 38.6 Å². The average molecular weight is 566 g/mol.